The van der Waals surface area contributed by atoms with Gasteiger partial charge in [-0.1, -0.05) is 61.6 Å². The van der Waals surface area contributed by atoms with Gasteiger partial charge >= 0.3 is 0 Å². The molecule has 1 unspecified atom stereocenters. The molecule has 1 aliphatic rings. The van der Waals surface area contributed by atoms with E-state index in [4.69, 9.17) is 0 Å². The Morgan fingerprint density at radius 1 is 1.53 bits per heavy atom. The van der Waals surface area contributed by atoms with Gasteiger partial charge in [-0.05, 0) is 25.8 Å². The van der Waals surface area contributed by atoms with Crippen LogP contribution in [-0.2, 0) is 0 Å². The summed E-state index contributed by atoms with van der Waals surface area (Å²) in [6.45, 7) is 10.3. The molecular weight excluding hydrogens is 180 g/mol. The summed E-state index contributed by atoms with van der Waals surface area (Å²) in [4.78, 5) is 0. The fourth-order valence-corrected chi connectivity index (χ4v) is 1.73. The standard InChI is InChI=1S/C15H20/c1-5-7-8-14(6-2)15(4)11-9-13(3)10-12-15/h5-11H,2,12H2,1,3-4H3/b7-5-,14-8+. The van der Waals surface area contributed by atoms with Crippen molar-refractivity contribution < 1.29 is 0 Å². The maximum Gasteiger partial charge on any atom is 0.0141 e. The van der Waals surface area contributed by atoms with Gasteiger partial charge in [0, 0.05) is 5.41 Å². The molecule has 1 rings (SSSR count). The summed E-state index contributed by atoms with van der Waals surface area (Å²) in [6.07, 6.45) is 16.0. The first-order valence-corrected chi connectivity index (χ1v) is 5.44. The lowest BCUT2D eigenvalue weighted by atomic mass is 9.75. The number of hydrogen-bond acceptors (Lipinski definition) is 0. The highest BCUT2D eigenvalue weighted by molar-refractivity contribution is 5.38. The molecule has 0 heterocycles. The molecule has 0 fully saturated rings. The summed E-state index contributed by atoms with van der Waals surface area (Å²) in [7, 11) is 0. The zero-order chi connectivity index (χ0) is 11.3. The fourth-order valence-electron chi connectivity index (χ4n) is 1.73. The smallest absolute Gasteiger partial charge is 0.0141 e. The fraction of sp³-hybridized carbons (Fsp3) is 0.333. The topological polar surface area (TPSA) is 0 Å². The second kappa shape index (κ2) is 4.97. The van der Waals surface area contributed by atoms with E-state index in [1.807, 2.05) is 19.1 Å². The van der Waals surface area contributed by atoms with Gasteiger partial charge in [0.2, 0.25) is 0 Å². The molecule has 0 aliphatic heterocycles. The molecule has 0 amide bonds. The van der Waals surface area contributed by atoms with Crippen LogP contribution < -0.4 is 0 Å². The third-order valence-electron chi connectivity index (χ3n) is 2.91. The average molecular weight is 200 g/mol. The van der Waals surface area contributed by atoms with Crippen LogP contribution in [0.15, 0.2) is 60.3 Å². The molecular formula is C15H20. The van der Waals surface area contributed by atoms with Gasteiger partial charge in [-0.3, -0.25) is 0 Å². The maximum absolute atomic E-state index is 3.90. The molecule has 0 aromatic heterocycles. The maximum atomic E-state index is 3.90. The van der Waals surface area contributed by atoms with Gasteiger partial charge in [0.15, 0.2) is 0 Å². The first-order valence-electron chi connectivity index (χ1n) is 5.44. The van der Waals surface area contributed by atoms with E-state index in [0.29, 0.717) is 0 Å². The quantitative estimate of drug-likeness (QED) is 0.585. The minimum Gasteiger partial charge on any atom is -0.0988 e. The summed E-state index contributed by atoms with van der Waals surface area (Å²) < 4.78 is 0. The molecule has 0 N–H and O–H groups in total. The molecule has 0 radical (unpaired) electrons. The molecule has 80 valence electrons. The zero-order valence-electron chi connectivity index (χ0n) is 9.96. The van der Waals surface area contributed by atoms with Gasteiger partial charge in [-0.2, -0.15) is 0 Å². The Labute approximate surface area is 93.4 Å². The first-order chi connectivity index (χ1) is 7.12. The van der Waals surface area contributed by atoms with E-state index in [0.717, 1.165) is 6.42 Å². The molecule has 0 aromatic carbocycles. The lowest BCUT2D eigenvalue weighted by molar-refractivity contribution is 0.528. The average Bonchev–Trinajstić information content (AvgIpc) is 2.24. The molecule has 1 atom stereocenters. The first kappa shape index (κ1) is 11.8. The van der Waals surface area contributed by atoms with Crippen molar-refractivity contribution >= 4 is 0 Å². The third kappa shape index (κ3) is 2.82. The Morgan fingerprint density at radius 2 is 2.27 bits per heavy atom. The summed E-state index contributed by atoms with van der Waals surface area (Å²) in [5.74, 6) is 0. The van der Waals surface area contributed by atoms with E-state index in [-0.39, 0.29) is 5.41 Å². The summed E-state index contributed by atoms with van der Waals surface area (Å²) in [5.41, 5.74) is 2.74. The normalized spacial score (nSPS) is 26.9. The molecule has 0 nitrogen and oxygen atoms in total. The van der Waals surface area contributed by atoms with Crippen molar-refractivity contribution in [2.45, 2.75) is 27.2 Å². The van der Waals surface area contributed by atoms with Crippen molar-refractivity contribution in [3.8, 4) is 0 Å². The summed E-state index contributed by atoms with van der Waals surface area (Å²) in [6, 6.07) is 0. The molecule has 0 aromatic rings. The third-order valence-corrected chi connectivity index (χ3v) is 2.91. The van der Waals surface area contributed by atoms with Gasteiger partial charge in [0.1, 0.15) is 0 Å². The Morgan fingerprint density at radius 3 is 2.73 bits per heavy atom. The largest absolute Gasteiger partial charge is 0.0988 e. The summed E-state index contributed by atoms with van der Waals surface area (Å²) >= 11 is 0. The summed E-state index contributed by atoms with van der Waals surface area (Å²) in [5, 5.41) is 0. The van der Waals surface area contributed by atoms with Gasteiger partial charge in [-0.25, -0.2) is 0 Å². The Balaban J connectivity index is 2.95. The van der Waals surface area contributed by atoms with Crippen molar-refractivity contribution in [2.75, 3.05) is 0 Å². The van der Waals surface area contributed by atoms with Gasteiger partial charge in [-0.15, -0.1) is 0 Å². The molecule has 0 saturated heterocycles. The minimum absolute atomic E-state index is 0.112. The van der Waals surface area contributed by atoms with E-state index in [9.17, 15) is 0 Å². The molecule has 0 heteroatoms. The zero-order valence-corrected chi connectivity index (χ0v) is 9.96. The number of hydrogen-bond donors (Lipinski definition) is 0. The van der Waals surface area contributed by atoms with Crippen molar-refractivity contribution in [2.24, 2.45) is 5.41 Å². The van der Waals surface area contributed by atoms with Crippen molar-refractivity contribution in [3.63, 3.8) is 0 Å². The van der Waals surface area contributed by atoms with Crippen LogP contribution in [0.5, 0.6) is 0 Å². The molecule has 0 saturated carbocycles. The lowest BCUT2D eigenvalue weighted by Gasteiger charge is -2.29. The Kier molecular flexibility index (Phi) is 3.90. The molecule has 0 bridgehead atoms. The highest BCUT2D eigenvalue weighted by Gasteiger charge is 2.24. The predicted octanol–water partition coefficient (Wildman–Crippen LogP) is 4.59. The second-order valence-corrected chi connectivity index (χ2v) is 4.25. The van der Waals surface area contributed by atoms with Crippen LogP contribution in [0.4, 0.5) is 0 Å². The van der Waals surface area contributed by atoms with Crippen molar-refractivity contribution in [3.05, 3.63) is 60.3 Å². The SMILES string of the molecule is C=C/C(=C\C=C/C)C1(C)C=CC(C)=CC1. The molecule has 15 heavy (non-hydrogen) atoms. The van der Waals surface area contributed by atoms with E-state index in [1.165, 1.54) is 11.1 Å². The van der Waals surface area contributed by atoms with E-state index in [1.54, 1.807) is 0 Å². The van der Waals surface area contributed by atoms with E-state index >= 15 is 0 Å². The highest BCUT2D eigenvalue weighted by Crippen LogP contribution is 2.37. The second-order valence-electron chi connectivity index (χ2n) is 4.25. The molecule has 1 aliphatic carbocycles. The highest BCUT2D eigenvalue weighted by atomic mass is 14.3. The van der Waals surface area contributed by atoms with Crippen LogP contribution in [0, 0.1) is 5.41 Å². The van der Waals surface area contributed by atoms with Crippen LogP contribution >= 0.6 is 0 Å². The van der Waals surface area contributed by atoms with Gasteiger partial charge in [0.25, 0.3) is 0 Å². The van der Waals surface area contributed by atoms with Crippen LogP contribution in [0.25, 0.3) is 0 Å². The van der Waals surface area contributed by atoms with Crippen LogP contribution in [0.3, 0.4) is 0 Å². The molecule has 0 spiro atoms. The van der Waals surface area contributed by atoms with Crippen LogP contribution in [0.1, 0.15) is 27.2 Å². The van der Waals surface area contributed by atoms with Crippen molar-refractivity contribution in [1.82, 2.24) is 0 Å². The Bertz CT molecular complexity index is 350. The Hall–Kier alpha value is -1.30. The van der Waals surface area contributed by atoms with Crippen LogP contribution in [-0.4, -0.2) is 0 Å². The van der Waals surface area contributed by atoms with E-state index in [2.05, 4.69) is 50.8 Å². The van der Waals surface area contributed by atoms with E-state index < -0.39 is 0 Å². The van der Waals surface area contributed by atoms with Gasteiger partial charge in [0.05, 0.1) is 0 Å². The monoisotopic (exact) mass is 200 g/mol. The number of allylic oxidation sites excluding steroid dienone is 9. The van der Waals surface area contributed by atoms with Crippen molar-refractivity contribution in [1.29, 1.82) is 0 Å². The van der Waals surface area contributed by atoms with Crippen LogP contribution in [0.2, 0.25) is 0 Å². The van der Waals surface area contributed by atoms with Gasteiger partial charge < -0.3 is 0 Å². The predicted molar refractivity (Wildman–Crippen MR) is 68.7 cm³/mol. The number of rotatable bonds is 3. The lowest BCUT2D eigenvalue weighted by Crippen LogP contribution is -2.16. The minimum atomic E-state index is 0.112.